The minimum absolute atomic E-state index is 0.0475. The van der Waals surface area contributed by atoms with Crippen LogP contribution >= 0.6 is 0 Å². The first-order valence-electron chi connectivity index (χ1n) is 4.95. The number of esters is 1. The lowest BCUT2D eigenvalue weighted by Crippen LogP contribution is -2.15. The summed E-state index contributed by atoms with van der Waals surface area (Å²) in [5.41, 5.74) is 0.500. The maximum absolute atomic E-state index is 11.0. The Morgan fingerprint density at radius 1 is 1.53 bits per heavy atom. The van der Waals surface area contributed by atoms with Crippen LogP contribution in [0.3, 0.4) is 0 Å². The number of hydrogen-bond donors (Lipinski definition) is 0. The number of hydrogen-bond acceptors (Lipinski definition) is 6. The number of rotatable bonds is 5. The molecule has 0 aliphatic rings. The second-order valence-electron chi connectivity index (χ2n) is 3.13. The number of carbonyl (C=O) groups excluding carboxylic acids is 1. The third-order valence-corrected chi connectivity index (χ3v) is 1.80. The molecule has 0 aliphatic heterocycles. The number of aromatic nitrogens is 1. The minimum atomic E-state index is -0.659. The highest BCUT2D eigenvalue weighted by Crippen LogP contribution is 2.24. The van der Waals surface area contributed by atoms with E-state index in [1.165, 1.54) is 6.07 Å². The van der Waals surface area contributed by atoms with Gasteiger partial charge in [0.2, 0.25) is 5.75 Å². The summed E-state index contributed by atoms with van der Waals surface area (Å²) in [6, 6.07) is 2.97. The highest BCUT2D eigenvalue weighted by Gasteiger charge is 2.18. The van der Waals surface area contributed by atoms with E-state index < -0.39 is 16.7 Å². The third kappa shape index (κ3) is 3.71. The lowest BCUT2D eigenvalue weighted by molar-refractivity contribution is -0.390. The van der Waals surface area contributed by atoms with Crippen LogP contribution in [0.4, 0.5) is 5.82 Å². The molecular formula is C10H12N2O5. The SMILES string of the molecule is CCOC(=O)COc1ccc(C)nc1[N+](=O)[O-]. The lowest BCUT2D eigenvalue weighted by atomic mass is 10.3. The van der Waals surface area contributed by atoms with Gasteiger partial charge in [0.15, 0.2) is 6.61 Å². The first-order chi connectivity index (χ1) is 8.04. The predicted molar refractivity (Wildman–Crippen MR) is 57.8 cm³/mol. The number of aryl methyl sites for hydroxylation is 1. The largest absolute Gasteiger partial charge is 0.474 e. The van der Waals surface area contributed by atoms with Crippen LogP contribution in [-0.4, -0.2) is 29.1 Å². The Labute approximate surface area is 97.5 Å². The highest BCUT2D eigenvalue weighted by molar-refractivity contribution is 5.71. The molecular weight excluding hydrogens is 228 g/mol. The van der Waals surface area contributed by atoms with E-state index in [4.69, 9.17) is 4.74 Å². The summed E-state index contributed by atoms with van der Waals surface area (Å²) in [6.45, 7) is 3.14. The van der Waals surface area contributed by atoms with Gasteiger partial charge in [-0.15, -0.1) is 0 Å². The predicted octanol–water partition coefficient (Wildman–Crippen LogP) is 1.24. The molecule has 0 radical (unpaired) electrons. The van der Waals surface area contributed by atoms with E-state index in [0.717, 1.165) is 0 Å². The lowest BCUT2D eigenvalue weighted by Gasteiger charge is -2.05. The third-order valence-electron chi connectivity index (χ3n) is 1.80. The zero-order chi connectivity index (χ0) is 12.8. The molecule has 92 valence electrons. The van der Waals surface area contributed by atoms with E-state index in [0.29, 0.717) is 5.69 Å². The van der Waals surface area contributed by atoms with Crippen molar-refractivity contribution in [2.75, 3.05) is 13.2 Å². The normalized spacial score (nSPS) is 9.76. The Hall–Kier alpha value is -2.18. The molecule has 1 rings (SSSR count). The van der Waals surface area contributed by atoms with Crippen molar-refractivity contribution in [2.45, 2.75) is 13.8 Å². The van der Waals surface area contributed by atoms with Crippen molar-refractivity contribution in [1.29, 1.82) is 0 Å². The Morgan fingerprint density at radius 3 is 2.82 bits per heavy atom. The van der Waals surface area contributed by atoms with Crippen LogP contribution in [0.1, 0.15) is 12.6 Å². The van der Waals surface area contributed by atoms with Gasteiger partial charge >= 0.3 is 11.8 Å². The molecule has 0 bridgehead atoms. The van der Waals surface area contributed by atoms with E-state index in [9.17, 15) is 14.9 Å². The van der Waals surface area contributed by atoms with Crippen molar-refractivity contribution in [3.63, 3.8) is 0 Å². The van der Waals surface area contributed by atoms with Crippen LogP contribution in [0, 0.1) is 17.0 Å². The van der Waals surface area contributed by atoms with Gasteiger partial charge in [0.1, 0.15) is 5.69 Å². The number of ether oxygens (including phenoxy) is 2. The van der Waals surface area contributed by atoms with Gasteiger partial charge in [0.05, 0.1) is 6.61 Å². The molecule has 1 heterocycles. The van der Waals surface area contributed by atoms with E-state index in [1.807, 2.05) is 0 Å². The summed E-state index contributed by atoms with van der Waals surface area (Å²) in [5.74, 6) is -1.04. The molecule has 1 aromatic rings. The summed E-state index contributed by atoms with van der Waals surface area (Å²) >= 11 is 0. The minimum Gasteiger partial charge on any atom is -0.474 e. The van der Waals surface area contributed by atoms with Gasteiger partial charge < -0.3 is 19.6 Å². The maximum Gasteiger partial charge on any atom is 0.406 e. The molecule has 0 amide bonds. The maximum atomic E-state index is 11.0. The number of nitrogens with zero attached hydrogens (tertiary/aromatic N) is 2. The number of carbonyl (C=O) groups is 1. The molecule has 7 nitrogen and oxygen atoms in total. The topological polar surface area (TPSA) is 91.6 Å². The van der Waals surface area contributed by atoms with Crippen molar-refractivity contribution in [1.82, 2.24) is 4.98 Å². The van der Waals surface area contributed by atoms with Crippen LogP contribution in [0.25, 0.3) is 0 Å². The van der Waals surface area contributed by atoms with Crippen molar-refractivity contribution >= 4 is 11.8 Å². The number of pyridine rings is 1. The first-order valence-corrected chi connectivity index (χ1v) is 4.95. The van der Waals surface area contributed by atoms with Gasteiger partial charge in [-0.1, -0.05) is 0 Å². The summed E-state index contributed by atoms with van der Waals surface area (Å²) in [4.78, 5) is 24.8. The van der Waals surface area contributed by atoms with E-state index in [2.05, 4.69) is 9.72 Å². The molecule has 17 heavy (non-hydrogen) atoms. The highest BCUT2D eigenvalue weighted by atomic mass is 16.6. The first kappa shape index (κ1) is 12.9. The van der Waals surface area contributed by atoms with Gasteiger partial charge in [-0.3, -0.25) is 0 Å². The molecule has 1 aromatic heterocycles. The van der Waals surface area contributed by atoms with Crippen molar-refractivity contribution in [2.24, 2.45) is 0 Å². The van der Waals surface area contributed by atoms with Crippen LogP contribution in [-0.2, 0) is 9.53 Å². The fourth-order valence-electron chi connectivity index (χ4n) is 1.11. The molecule has 0 spiro atoms. The van der Waals surface area contributed by atoms with E-state index >= 15 is 0 Å². The van der Waals surface area contributed by atoms with Crippen LogP contribution in [0.15, 0.2) is 12.1 Å². The molecule has 0 aliphatic carbocycles. The Kier molecular flexibility index (Phi) is 4.38. The zero-order valence-electron chi connectivity index (χ0n) is 9.50. The molecule has 0 fully saturated rings. The number of nitro groups is 1. The second kappa shape index (κ2) is 5.78. The average molecular weight is 240 g/mol. The van der Waals surface area contributed by atoms with Crippen molar-refractivity contribution < 1.29 is 19.2 Å². The summed E-state index contributed by atoms with van der Waals surface area (Å²) in [7, 11) is 0. The van der Waals surface area contributed by atoms with Crippen LogP contribution < -0.4 is 4.74 Å². The fraction of sp³-hybridized carbons (Fsp3) is 0.400. The molecule has 0 atom stereocenters. The molecule has 0 aromatic carbocycles. The van der Waals surface area contributed by atoms with E-state index in [1.54, 1.807) is 19.9 Å². The van der Waals surface area contributed by atoms with Crippen LogP contribution in [0.5, 0.6) is 5.75 Å². The molecule has 0 unspecified atom stereocenters. The Balaban J connectivity index is 2.77. The monoisotopic (exact) mass is 240 g/mol. The fourth-order valence-corrected chi connectivity index (χ4v) is 1.11. The van der Waals surface area contributed by atoms with Gasteiger partial charge in [0, 0.05) is 6.92 Å². The summed E-state index contributed by atoms with van der Waals surface area (Å²) in [5, 5.41) is 10.7. The Bertz CT molecular complexity index is 433. The van der Waals surface area contributed by atoms with Crippen LogP contribution in [0.2, 0.25) is 0 Å². The quantitative estimate of drug-likeness (QED) is 0.436. The molecule has 7 heteroatoms. The Morgan fingerprint density at radius 2 is 2.24 bits per heavy atom. The van der Waals surface area contributed by atoms with E-state index in [-0.39, 0.29) is 19.0 Å². The standard InChI is InChI=1S/C10H12N2O5/c1-3-16-9(13)6-17-8-5-4-7(2)11-10(8)12(14)15/h4-5H,3,6H2,1-2H3. The van der Waals surface area contributed by atoms with Gasteiger partial charge in [0.25, 0.3) is 0 Å². The van der Waals surface area contributed by atoms with Gasteiger partial charge in [-0.2, -0.15) is 0 Å². The van der Waals surface area contributed by atoms with Gasteiger partial charge in [-0.05, 0) is 29.0 Å². The van der Waals surface area contributed by atoms with Crippen molar-refractivity contribution in [3.05, 3.63) is 27.9 Å². The summed E-state index contributed by atoms with van der Waals surface area (Å²) < 4.78 is 9.62. The van der Waals surface area contributed by atoms with Crippen molar-refractivity contribution in [3.8, 4) is 5.75 Å². The van der Waals surface area contributed by atoms with Gasteiger partial charge in [-0.25, -0.2) is 4.79 Å². The molecule has 0 saturated heterocycles. The average Bonchev–Trinajstić information content (AvgIpc) is 2.27. The molecule has 0 saturated carbocycles. The smallest absolute Gasteiger partial charge is 0.406 e. The zero-order valence-corrected chi connectivity index (χ0v) is 9.50. The molecule has 0 N–H and O–H groups in total. The summed E-state index contributed by atoms with van der Waals surface area (Å²) in [6.07, 6.45) is 0. The second-order valence-corrected chi connectivity index (χ2v) is 3.13.